The number of carboxylic acid groups (broad SMARTS) is 1. The molecule has 4 aliphatic rings. The smallest absolute Gasteiger partial charge is 0.408 e. The SMILES string of the molecule is CN(C(=O)C1(NC(=O)OCC2c3ccccc3-c3ccccc32)CC2(CCC2)C1)C1(C(=O)O)CC1. The molecule has 2 amide bonds. The van der Waals surface area contributed by atoms with E-state index in [2.05, 4.69) is 29.6 Å². The fourth-order valence-corrected chi connectivity index (χ4v) is 6.71. The summed E-state index contributed by atoms with van der Waals surface area (Å²) in [6.45, 7) is 0.171. The molecule has 182 valence electrons. The van der Waals surface area contributed by atoms with Crippen molar-refractivity contribution in [3.8, 4) is 11.1 Å². The number of carbonyl (C=O) groups is 3. The van der Waals surface area contributed by atoms with E-state index < -0.39 is 23.1 Å². The van der Waals surface area contributed by atoms with E-state index >= 15 is 0 Å². The Morgan fingerprint density at radius 2 is 1.54 bits per heavy atom. The highest BCUT2D eigenvalue weighted by Crippen LogP contribution is 2.61. The lowest BCUT2D eigenvalue weighted by atomic mass is 9.48. The van der Waals surface area contributed by atoms with E-state index in [-0.39, 0.29) is 23.8 Å². The van der Waals surface area contributed by atoms with Crippen LogP contribution < -0.4 is 5.32 Å². The fraction of sp³-hybridized carbons (Fsp3) is 0.464. The van der Waals surface area contributed by atoms with Gasteiger partial charge in [-0.3, -0.25) is 4.79 Å². The van der Waals surface area contributed by atoms with Gasteiger partial charge in [0.1, 0.15) is 17.7 Å². The van der Waals surface area contributed by atoms with Crippen LogP contribution in [0.4, 0.5) is 4.79 Å². The Bertz CT molecular complexity index is 1180. The minimum atomic E-state index is -1.14. The molecular weight excluding hydrogens is 444 g/mol. The maximum absolute atomic E-state index is 13.6. The number of aliphatic carboxylic acids is 1. The van der Waals surface area contributed by atoms with Crippen LogP contribution in [0.3, 0.4) is 0 Å². The van der Waals surface area contributed by atoms with E-state index in [1.807, 2.05) is 24.3 Å². The van der Waals surface area contributed by atoms with Gasteiger partial charge in [-0.25, -0.2) is 9.59 Å². The summed E-state index contributed by atoms with van der Waals surface area (Å²) in [6, 6.07) is 16.3. The Labute approximate surface area is 204 Å². The maximum atomic E-state index is 13.6. The minimum Gasteiger partial charge on any atom is -0.479 e. The van der Waals surface area contributed by atoms with Crippen LogP contribution in [0.15, 0.2) is 48.5 Å². The van der Waals surface area contributed by atoms with Crippen LogP contribution in [-0.2, 0) is 14.3 Å². The summed E-state index contributed by atoms with van der Waals surface area (Å²) >= 11 is 0. The Morgan fingerprint density at radius 3 is 2.03 bits per heavy atom. The van der Waals surface area contributed by atoms with Crippen LogP contribution in [0, 0.1) is 5.41 Å². The van der Waals surface area contributed by atoms with Gasteiger partial charge in [0, 0.05) is 13.0 Å². The highest BCUT2D eigenvalue weighted by Gasteiger charge is 2.66. The van der Waals surface area contributed by atoms with Crippen molar-refractivity contribution in [2.45, 2.75) is 61.9 Å². The summed E-state index contributed by atoms with van der Waals surface area (Å²) < 4.78 is 5.73. The maximum Gasteiger partial charge on any atom is 0.408 e. The first-order chi connectivity index (χ1) is 16.8. The zero-order chi connectivity index (χ0) is 24.4. The zero-order valence-corrected chi connectivity index (χ0v) is 19.9. The van der Waals surface area contributed by atoms with Crippen molar-refractivity contribution in [1.29, 1.82) is 0 Å². The summed E-state index contributed by atoms with van der Waals surface area (Å²) in [4.78, 5) is 39.8. The van der Waals surface area contributed by atoms with Crippen LogP contribution in [0.5, 0.6) is 0 Å². The van der Waals surface area contributed by atoms with Crippen molar-refractivity contribution >= 4 is 18.0 Å². The number of rotatable bonds is 6. The molecule has 7 heteroatoms. The normalized spacial score (nSPS) is 21.6. The largest absolute Gasteiger partial charge is 0.479 e. The first kappa shape index (κ1) is 22.1. The van der Waals surface area contributed by atoms with E-state index in [4.69, 9.17) is 4.74 Å². The molecule has 0 atom stereocenters. The van der Waals surface area contributed by atoms with Gasteiger partial charge in [-0.15, -0.1) is 0 Å². The van der Waals surface area contributed by atoms with Crippen molar-refractivity contribution in [1.82, 2.24) is 10.2 Å². The number of amides is 2. The predicted molar refractivity (Wildman–Crippen MR) is 129 cm³/mol. The second-order valence-corrected chi connectivity index (χ2v) is 10.9. The van der Waals surface area contributed by atoms with Gasteiger partial charge < -0.3 is 20.1 Å². The summed E-state index contributed by atoms with van der Waals surface area (Å²) in [5.41, 5.74) is 2.41. The Balaban J connectivity index is 1.18. The number of fused-ring (bicyclic) bond motifs is 3. The topological polar surface area (TPSA) is 95.9 Å². The van der Waals surface area contributed by atoms with Gasteiger partial charge in [0.15, 0.2) is 0 Å². The summed E-state index contributed by atoms with van der Waals surface area (Å²) in [6.07, 6.45) is 4.57. The molecule has 35 heavy (non-hydrogen) atoms. The highest BCUT2D eigenvalue weighted by atomic mass is 16.5. The molecule has 2 aromatic rings. The van der Waals surface area contributed by atoms with Gasteiger partial charge >= 0.3 is 12.1 Å². The second-order valence-electron chi connectivity index (χ2n) is 10.9. The number of carbonyl (C=O) groups excluding carboxylic acids is 2. The molecule has 4 aliphatic carbocycles. The lowest BCUT2D eigenvalue weighted by Crippen LogP contribution is -2.71. The molecule has 0 aromatic heterocycles. The summed E-state index contributed by atoms with van der Waals surface area (Å²) in [5, 5.41) is 12.6. The second kappa shape index (κ2) is 7.57. The van der Waals surface area contributed by atoms with Gasteiger partial charge in [0.2, 0.25) is 5.91 Å². The number of nitrogens with one attached hydrogen (secondary N) is 1. The number of carboxylic acids is 1. The molecule has 0 radical (unpaired) electrons. The van der Waals surface area contributed by atoms with Crippen molar-refractivity contribution in [2.24, 2.45) is 5.41 Å². The third-order valence-corrected chi connectivity index (χ3v) is 8.93. The average Bonchev–Trinajstić information content (AvgIpc) is 3.56. The lowest BCUT2D eigenvalue weighted by molar-refractivity contribution is -0.163. The Morgan fingerprint density at radius 1 is 0.971 bits per heavy atom. The van der Waals surface area contributed by atoms with E-state index in [0.29, 0.717) is 25.7 Å². The number of likely N-dealkylation sites (N-methyl/N-ethyl adjacent to an activating group) is 1. The number of ether oxygens (including phenoxy) is 1. The van der Waals surface area contributed by atoms with Crippen molar-refractivity contribution in [3.63, 3.8) is 0 Å². The number of hydrogen-bond donors (Lipinski definition) is 2. The lowest BCUT2D eigenvalue weighted by Gasteiger charge is -2.60. The van der Waals surface area contributed by atoms with E-state index in [1.165, 1.54) is 4.90 Å². The fourth-order valence-electron chi connectivity index (χ4n) is 6.71. The molecule has 0 saturated heterocycles. The molecule has 0 aliphatic heterocycles. The number of alkyl carbamates (subject to hydrolysis) is 1. The molecular formula is C28H30N2O5. The summed E-state index contributed by atoms with van der Waals surface area (Å²) in [7, 11) is 1.55. The zero-order valence-electron chi connectivity index (χ0n) is 19.9. The average molecular weight is 475 g/mol. The molecule has 3 fully saturated rings. The quantitative estimate of drug-likeness (QED) is 0.651. The molecule has 0 bridgehead atoms. The molecule has 7 nitrogen and oxygen atoms in total. The predicted octanol–water partition coefficient (Wildman–Crippen LogP) is 4.30. The van der Waals surface area contributed by atoms with Crippen molar-refractivity contribution < 1.29 is 24.2 Å². The van der Waals surface area contributed by atoms with Crippen LogP contribution in [-0.4, -0.2) is 52.7 Å². The first-order valence-corrected chi connectivity index (χ1v) is 12.4. The Kier molecular flexibility index (Phi) is 4.79. The molecule has 6 rings (SSSR count). The molecule has 2 aromatic carbocycles. The van der Waals surface area contributed by atoms with Crippen molar-refractivity contribution in [3.05, 3.63) is 59.7 Å². The molecule has 0 heterocycles. The van der Waals surface area contributed by atoms with Crippen molar-refractivity contribution in [2.75, 3.05) is 13.7 Å². The van der Waals surface area contributed by atoms with Gasteiger partial charge in [-0.05, 0) is 66.2 Å². The molecule has 2 N–H and O–H groups in total. The van der Waals surface area contributed by atoms with Crippen LogP contribution in [0.2, 0.25) is 0 Å². The van der Waals surface area contributed by atoms with Gasteiger partial charge in [0.25, 0.3) is 0 Å². The van der Waals surface area contributed by atoms with Crippen LogP contribution in [0.1, 0.15) is 62.0 Å². The number of nitrogens with zero attached hydrogens (tertiary/aromatic N) is 1. The standard InChI is InChI=1S/C28H30N2O5/c1-30(28(13-14-28)24(32)33)23(31)27(16-26(17-27)11-6-12-26)29-25(34)35-15-22-20-9-4-2-7-18(20)19-8-3-5-10-21(19)22/h2-5,7-10,22H,6,11-17H2,1H3,(H,29,34)(H,32,33). The molecule has 1 spiro atoms. The van der Waals surface area contributed by atoms with Gasteiger partial charge in [-0.2, -0.15) is 0 Å². The summed E-state index contributed by atoms with van der Waals surface area (Å²) in [5.74, 6) is -1.37. The number of hydrogen-bond acceptors (Lipinski definition) is 4. The van der Waals surface area contributed by atoms with E-state index in [1.54, 1.807) is 7.05 Å². The van der Waals surface area contributed by atoms with E-state index in [0.717, 1.165) is 41.5 Å². The van der Waals surface area contributed by atoms with Crippen LogP contribution in [0.25, 0.3) is 11.1 Å². The monoisotopic (exact) mass is 474 g/mol. The first-order valence-electron chi connectivity index (χ1n) is 12.4. The number of benzene rings is 2. The minimum absolute atomic E-state index is 0.0661. The van der Waals surface area contributed by atoms with Gasteiger partial charge in [-0.1, -0.05) is 55.0 Å². The molecule has 0 unspecified atom stereocenters. The van der Waals surface area contributed by atoms with E-state index in [9.17, 15) is 19.5 Å². The van der Waals surface area contributed by atoms with Gasteiger partial charge in [0.05, 0.1) is 0 Å². The van der Waals surface area contributed by atoms with Crippen LogP contribution >= 0.6 is 0 Å². The molecule has 3 saturated carbocycles. The Hall–Kier alpha value is -3.35. The highest BCUT2D eigenvalue weighted by molar-refractivity contribution is 5.96. The third-order valence-electron chi connectivity index (χ3n) is 8.93. The third kappa shape index (κ3) is 3.27.